The number of carboxylic acids is 1. The molecule has 0 saturated heterocycles. The minimum Gasteiger partial charge on any atom is -0.481 e. The Morgan fingerprint density at radius 2 is 2.26 bits per heavy atom. The minimum absolute atomic E-state index is 0.0211. The van der Waals surface area contributed by atoms with Crippen LogP contribution in [0, 0.1) is 0 Å². The average Bonchev–Trinajstić information content (AvgIpc) is 3.06. The molecule has 3 aromatic heterocycles. The second kappa shape index (κ2) is 4.81. The quantitative estimate of drug-likeness (QED) is 0.791. The number of carbonyl (C=O) groups is 1. The normalized spacial score (nSPS) is 10.9. The van der Waals surface area contributed by atoms with Gasteiger partial charge in [0, 0.05) is 6.42 Å². The van der Waals surface area contributed by atoms with Gasteiger partial charge in [-0.1, -0.05) is 0 Å². The smallest absolute Gasteiger partial charge is 0.303 e. The van der Waals surface area contributed by atoms with Crippen LogP contribution in [0.25, 0.3) is 21.7 Å². The van der Waals surface area contributed by atoms with Gasteiger partial charge in [0.2, 0.25) is 0 Å². The van der Waals surface area contributed by atoms with E-state index in [0.717, 1.165) is 15.9 Å². The maximum atomic E-state index is 10.6. The molecule has 0 aromatic carbocycles. The van der Waals surface area contributed by atoms with Crippen LogP contribution in [0.2, 0.25) is 0 Å². The maximum Gasteiger partial charge on any atom is 0.303 e. The SMILES string of the molecule is O=C(O)CCc1nc(-c2ccco2)c2sccc2n1. The van der Waals surface area contributed by atoms with Crippen LogP contribution in [-0.2, 0) is 11.2 Å². The molecule has 96 valence electrons. The Morgan fingerprint density at radius 1 is 1.37 bits per heavy atom. The van der Waals surface area contributed by atoms with E-state index in [1.807, 2.05) is 17.5 Å². The molecule has 5 nitrogen and oxygen atoms in total. The Morgan fingerprint density at radius 3 is 3.00 bits per heavy atom. The fourth-order valence-electron chi connectivity index (χ4n) is 1.82. The van der Waals surface area contributed by atoms with E-state index >= 15 is 0 Å². The number of rotatable bonds is 4. The lowest BCUT2D eigenvalue weighted by Gasteiger charge is -2.03. The van der Waals surface area contributed by atoms with Gasteiger partial charge in [-0.25, -0.2) is 9.97 Å². The third-order valence-electron chi connectivity index (χ3n) is 2.67. The zero-order valence-corrected chi connectivity index (χ0v) is 10.7. The van der Waals surface area contributed by atoms with Crippen LogP contribution in [0.1, 0.15) is 12.2 Å². The third-order valence-corrected chi connectivity index (χ3v) is 3.58. The van der Waals surface area contributed by atoms with Crippen LogP contribution in [0.3, 0.4) is 0 Å². The molecular formula is C13H10N2O3S. The van der Waals surface area contributed by atoms with Gasteiger partial charge in [-0.3, -0.25) is 4.79 Å². The summed E-state index contributed by atoms with van der Waals surface area (Å²) < 4.78 is 6.33. The van der Waals surface area contributed by atoms with Gasteiger partial charge < -0.3 is 9.52 Å². The largest absolute Gasteiger partial charge is 0.481 e. The molecule has 0 aliphatic rings. The third kappa shape index (κ3) is 2.34. The lowest BCUT2D eigenvalue weighted by atomic mass is 10.2. The molecule has 19 heavy (non-hydrogen) atoms. The van der Waals surface area contributed by atoms with Crippen LogP contribution in [0.15, 0.2) is 34.3 Å². The van der Waals surface area contributed by atoms with Crippen molar-refractivity contribution in [1.82, 2.24) is 9.97 Å². The Bertz CT molecular complexity index is 719. The first-order valence-corrected chi connectivity index (χ1v) is 6.62. The summed E-state index contributed by atoms with van der Waals surface area (Å²) in [6.45, 7) is 0. The van der Waals surface area contributed by atoms with E-state index in [4.69, 9.17) is 9.52 Å². The monoisotopic (exact) mass is 274 g/mol. The Kier molecular flexibility index (Phi) is 3.00. The molecule has 0 atom stereocenters. The van der Waals surface area contributed by atoms with Crippen LogP contribution >= 0.6 is 11.3 Å². The number of aliphatic carboxylic acids is 1. The molecule has 0 radical (unpaired) electrons. The highest BCUT2D eigenvalue weighted by Crippen LogP contribution is 2.30. The number of nitrogens with zero attached hydrogens (tertiary/aromatic N) is 2. The first kappa shape index (κ1) is 11.9. The van der Waals surface area contributed by atoms with Crippen molar-refractivity contribution in [2.24, 2.45) is 0 Å². The van der Waals surface area contributed by atoms with Gasteiger partial charge in [0.25, 0.3) is 0 Å². The van der Waals surface area contributed by atoms with Crippen LogP contribution in [0.4, 0.5) is 0 Å². The first-order chi connectivity index (χ1) is 9.24. The number of furan rings is 1. The highest BCUT2D eigenvalue weighted by molar-refractivity contribution is 7.17. The maximum absolute atomic E-state index is 10.6. The Labute approximate surface area is 112 Å². The molecule has 0 fully saturated rings. The summed E-state index contributed by atoms with van der Waals surface area (Å²) in [4.78, 5) is 19.4. The molecule has 6 heteroatoms. The minimum atomic E-state index is -0.853. The summed E-state index contributed by atoms with van der Waals surface area (Å²) in [5, 5.41) is 10.7. The van der Waals surface area contributed by atoms with Crippen LogP contribution < -0.4 is 0 Å². The van der Waals surface area contributed by atoms with Crippen molar-refractivity contribution in [3.63, 3.8) is 0 Å². The van der Waals surface area contributed by atoms with Crippen molar-refractivity contribution in [2.75, 3.05) is 0 Å². The summed E-state index contributed by atoms with van der Waals surface area (Å²) >= 11 is 1.54. The standard InChI is InChI=1S/C13H10N2O3S/c16-11(17)4-3-10-14-8-5-7-19-13(8)12(15-10)9-2-1-6-18-9/h1-2,5-7H,3-4H2,(H,16,17). The lowest BCUT2D eigenvalue weighted by Crippen LogP contribution is -2.02. The van der Waals surface area contributed by atoms with E-state index in [1.165, 1.54) is 0 Å². The molecule has 0 amide bonds. The lowest BCUT2D eigenvalue weighted by molar-refractivity contribution is -0.137. The fraction of sp³-hybridized carbons (Fsp3) is 0.154. The van der Waals surface area contributed by atoms with E-state index in [2.05, 4.69) is 9.97 Å². The summed E-state index contributed by atoms with van der Waals surface area (Å²) in [5.41, 5.74) is 1.55. The van der Waals surface area contributed by atoms with E-state index in [-0.39, 0.29) is 6.42 Å². The highest BCUT2D eigenvalue weighted by atomic mass is 32.1. The van der Waals surface area contributed by atoms with Crippen molar-refractivity contribution in [3.8, 4) is 11.5 Å². The van der Waals surface area contributed by atoms with Crippen molar-refractivity contribution in [3.05, 3.63) is 35.7 Å². The van der Waals surface area contributed by atoms with Crippen LogP contribution in [0.5, 0.6) is 0 Å². The highest BCUT2D eigenvalue weighted by Gasteiger charge is 2.13. The molecule has 0 unspecified atom stereocenters. The van der Waals surface area contributed by atoms with Crippen molar-refractivity contribution < 1.29 is 14.3 Å². The molecule has 0 spiro atoms. The molecule has 0 bridgehead atoms. The predicted octanol–water partition coefficient (Wildman–Crippen LogP) is 2.97. The molecule has 0 saturated carbocycles. The molecule has 1 N–H and O–H groups in total. The summed E-state index contributed by atoms with van der Waals surface area (Å²) in [7, 11) is 0. The number of aryl methyl sites for hydroxylation is 1. The van der Waals surface area contributed by atoms with Gasteiger partial charge in [0.15, 0.2) is 5.76 Å². The Balaban J connectivity index is 2.08. The second-order valence-electron chi connectivity index (χ2n) is 3.99. The van der Waals surface area contributed by atoms with Crippen molar-refractivity contribution in [2.45, 2.75) is 12.8 Å². The van der Waals surface area contributed by atoms with Gasteiger partial charge >= 0.3 is 5.97 Å². The summed E-state index contributed by atoms with van der Waals surface area (Å²) in [5.74, 6) is 0.347. The molecule has 3 aromatic rings. The number of hydrogen-bond acceptors (Lipinski definition) is 5. The Hall–Kier alpha value is -2.21. The fourth-order valence-corrected chi connectivity index (χ4v) is 2.65. The number of thiophene rings is 1. The van der Waals surface area contributed by atoms with E-state index in [9.17, 15) is 4.79 Å². The molecule has 3 rings (SSSR count). The number of carboxylic acid groups (broad SMARTS) is 1. The van der Waals surface area contributed by atoms with Gasteiger partial charge in [0.1, 0.15) is 11.5 Å². The zero-order chi connectivity index (χ0) is 13.2. The predicted molar refractivity (Wildman–Crippen MR) is 71.1 cm³/mol. The van der Waals surface area contributed by atoms with Crippen LogP contribution in [-0.4, -0.2) is 21.0 Å². The van der Waals surface area contributed by atoms with Crippen molar-refractivity contribution in [1.29, 1.82) is 0 Å². The summed E-state index contributed by atoms with van der Waals surface area (Å²) in [6.07, 6.45) is 1.93. The van der Waals surface area contributed by atoms with E-state index in [0.29, 0.717) is 18.0 Å². The second-order valence-corrected chi connectivity index (χ2v) is 4.91. The molecule has 0 aliphatic heterocycles. The molecule has 0 aliphatic carbocycles. The number of hydrogen-bond donors (Lipinski definition) is 1. The van der Waals surface area contributed by atoms with E-state index in [1.54, 1.807) is 23.7 Å². The summed E-state index contributed by atoms with van der Waals surface area (Å²) in [6, 6.07) is 5.54. The zero-order valence-electron chi connectivity index (χ0n) is 9.87. The topological polar surface area (TPSA) is 76.2 Å². The van der Waals surface area contributed by atoms with Gasteiger partial charge in [-0.15, -0.1) is 11.3 Å². The first-order valence-electron chi connectivity index (χ1n) is 5.74. The van der Waals surface area contributed by atoms with Crippen molar-refractivity contribution >= 4 is 27.5 Å². The van der Waals surface area contributed by atoms with Gasteiger partial charge in [-0.2, -0.15) is 0 Å². The van der Waals surface area contributed by atoms with Gasteiger partial charge in [0.05, 0.1) is 22.9 Å². The molecule has 3 heterocycles. The average molecular weight is 274 g/mol. The van der Waals surface area contributed by atoms with Gasteiger partial charge in [-0.05, 0) is 23.6 Å². The number of fused-ring (bicyclic) bond motifs is 1. The molecular weight excluding hydrogens is 264 g/mol. The van der Waals surface area contributed by atoms with E-state index < -0.39 is 5.97 Å². The number of aromatic nitrogens is 2.